The van der Waals surface area contributed by atoms with Crippen molar-refractivity contribution in [2.24, 2.45) is 0 Å². The number of fused-ring (bicyclic) bond motifs is 18. The summed E-state index contributed by atoms with van der Waals surface area (Å²) in [5.41, 5.74) is 15.0. The molecule has 0 fully saturated rings. The average molecular weight is 747 g/mol. The van der Waals surface area contributed by atoms with Crippen molar-refractivity contribution in [3.8, 4) is 17.4 Å². The average Bonchev–Trinajstić information content (AvgIpc) is 4.03. The van der Waals surface area contributed by atoms with E-state index in [0.717, 1.165) is 115 Å². The quantitative estimate of drug-likeness (QED) is 0.165. The Bertz CT molecular complexity index is 3480. The van der Waals surface area contributed by atoms with Crippen LogP contribution in [0.3, 0.4) is 0 Å². The molecule has 0 unspecified atom stereocenters. The zero-order valence-corrected chi connectivity index (χ0v) is 31.7. The van der Waals surface area contributed by atoms with Crippen molar-refractivity contribution in [2.45, 2.75) is 51.4 Å². The van der Waals surface area contributed by atoms with Crippen LogP contribution in [0, 0.1) is 17.9 Å². The molecular weight excluding hydrogens is 713 g/mol. The molecule has 6 heteroatoms. The van der Waals surface area contributed by atoms with Crippen molar-refractivity contribution in [3.05, 3.63) is 148 Å². The lowest BCUT2D eigenvalue weighted by Crippen LogP contribution is -2.05. The highest BCUT2D eigenvalue weighted by molar-refractivity contribution is 6.24. The van der Waals surface area contributed by atoms with Crippen LogP contribution in [-0.4, -0.2) is 9.13 Å². The maximum absolute atomic E-state index is 11.2. The van der Waals surface area contributed by atoms with Gasteiger partial charge in [0.2, 0.25) is 5.69 Å². The summed E-state index contributed by atoms with van der Waals surface area (Å²) in [5.74, 6) is 0. The van der Waals surface area contributed by atoms with Gasteiger partial charge >= 0.3 is 0 Å². The zero-order chi connectivity index (χ0) is 38.2. The molecule has 274 valence electrons. The molecule has 0 saturated carbocycles. The molecule has 58 heavy (non-hydrogen) atoms. The fraction of sp³-hybridized carbons (Fsp3) is 0.154. The summed E-state index contributed by atoms with van der Waals surface area (Å²) in [7, 11) is 0. The van der Waals surface area contributed by atoms with E-state index in [9.17, 15) is 5.26 Å². The smallest absolute Gasteiger partial charge is 0.212 e. The summed E-state index contributed by atoms with van der Waals surface area (Å²) in [6, 6.07) is 40.7. The monoisotopic (exact) mass is 746 g/mol. The summed E-state index contributed by atoms with van der Waals surface area (Å²) in [6.45, 7) is 8.79. The fourth-order valence-corrected chi connectivity index (χ4v) is 10.9. The van der Waals surface area contributed by atoms with Gasteiger partial charge in [-0.05, 0) is 122 Å². The highest BCUT2D eigenvalue weighted by atomic mass is 16.3. The van der Waals surface area contributed by atoms with Gasteiger partial charge in [0, 0.05) is 43.1 Å². The van der Waals surface area contributed by atoms with Gasteiger partial charge in [-0.15, -0.1) is 0 Å². The summed E-state index contributed by atoms with van der Waals surface area (Å²) >= 11 is 0. The Morgan fingerprint density at radius 2 is 1.03 bits per heavy atom. The van der Waals surface area contributed by atoms with E-state index in [1.165, 1.54) is 45.9 Å². The van der Waals surface area contributed by atoms with E-state index in [4.69, 9.17) is 15.4 Å². The van der Waals surface area contributed by atoms with E-state index < -0.39 is 0 Å². The lowest BCUT2D eigenvalue weighted by Gasteiger charge is -2.19. The number of hydrogen-bond donors (Lipinski definition) is 0. The second-order valence-electron chi connectivity index (χ2n) is 16.2. The molecule has 7 aromatic carbocycles. The van der Waals surface area contributed by atoms with Crippen molar-refractivity contribution >= 4 is 93.2 Å². The number of rotatable bonds is 2. The van der Waals surface area contributed by atoms with Crippen molar-refractivity contribution in [2.75, 3.05) is 0 Å². The van der Waals surface area contributed by atoms with E-state index in [1.807, 2.05) is 48.5 Å². The standard InChI is InChI=1S/C52H34N4O2/c1-54-40-27-43(55-41-24-18-29-10-2-4-12-32(29)47(41)38-22-20-36-34-14-6-8-16-45(34)57-51(36)49(38)55)31(28-53)26-44(40)56-42-25-19-30-11-3-5-13-33(30)48(42)39-23-21-37-35-15-7-9-17-46(35)58-52(37)50(39)56/h6-9,14-27H,2-5,10-13H2. The minimum atomic E-state index is 0.461. The van der Waals surface area contributed by atoms with Crippen LogP contribution in [0.25, 0.3) is 104 Å². The predicted molar refractivity (Wildman–Crippen MR) is 234 cm³/mol. The molecule has 13 rings (SSSR count). The molecule has 2 aliphatic rings. The molecule has 2 aliphatic carbocycles. The van der Waals surface area contributed by atoms with Crippen molar-refractivity contribution in [1.82, 2.24) is 9.13 Å². The third kappa shape index (κ3) is 4.09. The Morgan fingerprint density at radius 3 is 1.57 bits per heavy atom. The van der Waals surface area contributed by atoms with E-state index in [1.54, 1.807) is 0 Å². The highest BCUT2D eigenvalue weighted by Gasteiger charge is 2.28. The topological polar surface area (TPSA) is 64.3 Å². The Labute approximate surface area is 332 Å². The van der Waals surface area contributed by atoms with E-state index in [0.29, 0.717) is 22.6 Å². The second kappa shape index (κ2) is 11.6. The Morgan fingerprint density at radius 1 is 0.534 bits per heavy atom. The maximum Gasteiger partial charge on any atom is 0.212 e. The van der Waals surface area contributed by atoms with E-state index in [-0.39, 0.29) is 0 Å². The molecule has 0 aliphatic heterocycles. The summed E-state index contributed by atoms with van der Waals surface area (Å²) in [6.07, 6.45) is 8.80. The van der Waals surface area contributed by atoms with Gasteiger partial charge < -0.3 is 18.0 Å². The van der Waals surface area contributed by atoms with Crippen LogP contribution >= 0.6 is 0 Å². The van der Waals surface area contributed by atoms with Gasteiger partial charge in [0.15, 0.2) is 11.2 Å². The third-order valence-electron chi connectivity index (χ3n) is 13.3. The lowest BCUT2D eigenvalue weighted by atomic mass is 9.88. The Kier molecular flexibility index (Phi) is 6.39. The van der Waals surface area contributed by atoms with Crippen molar-refractivity contribution in [3.63, 3.8) is 0 Å². The summed E-state index contributed by atoms with van der Waals surface area (Å²) < 4.78 is 17.9. The third-order valence-corrected chi connectivity index (χ3v) is 13.3. The summed E-state index contributed by atoms with van der Waals surface area (Å²) in [5, 5.41) is 20.1. The SMILES string of the molecule is [C-]#[N+]c1cc(-n2c3ccc4c(c3c3ccc5c6ccccc6oc5c32)CCCC4)c(C#N)cc1-n1c2ccc3c(c2c2ccc4c5ccccc5oc4c21)CCCC3. The second-order valence-corrected chi connectivity index (χ2v) is 16.2. The van der Waals surface area contributed by atoms with Gasteiger partial charge in [0.1, 0.15) is 17.2 Å². The number of aryl methyl sites for hydroxylation is 4. The number of benzene rings is 7. The molecule has 0 radical (unpaired) electrons. The first-order valence-corrected chi connectivity index (χ1v) is 20.4. The van der Waals surface area contributed by atoms with Crippen LogP contribution in [0.15, 0.2) is 118 Å². The van der Waals surface area contributed by atoms with E-state index >= 15 is 0 Å². The number of nitriles is 1. The van der Waals surface area contributed by atoms with Gasteiger partial charge in [0.05, 0.1) is 45.6 Å². The largest absolute Gasteiger partial charge is 0.454 e. The van der Waals surface area contributed by atoms with Crippen LogP contribution < -0.4 is 0 Å². The maximum atomic E-state index is 11.2. The van der Waals surface area contributed by atoms with Gasteiger partial charge in [-0.25, -0.2) is 4.85 Å². The van der Waals surface area contributed by atoms with Gasteiger partial charge in [-0.3, -0.25) is 0 Å². The minimum absolute atomic E-state index is 0.461. The first kappa shape index (κ1) is 31.9. The lowest BCUT2D eigenvalue weighted by molar-refractivity contribution is 0.670. The fourth-order valence-electron chi connectivity index (χ4n) is 10.9. The Hall–Kier alpha value is -7.28. The van der Waals surface area contributed by atoms with E-state index in [2.05, 4.69) is 80.7 Å². The van der Waals surface area contributed by atoms with Gasteiger partial charge in [-0.1, -0.05) is 60.7 Å². The first-order valence-electron chi connectivity index (χ1n) is 20.4. The molecule has 0 atom stereocenters. The molecule has 0 N–H and O–H groups in total. The summed E-state index contributed by atoms with van der Waals surface area (Å²) in [4.78, 5) is 4.28. The molecule has 0 amide bonds. The normalized spacial score (nSPS) is 14.3. The molecule has 0 spiro atoms. The number of furan rings is 2. The van der Waals surface area contributed by atoms with Crippen LogP contribution in [0.5, 0.6) is 0 Å². The Balaban J connectivity index is 1.17. The van der Waals surface area contributed by atoms with Crippen LogP contribution in [-0.2, 0) is 25.7 Å². The molecule has 0 bridgehead atoms. The van der Waals surface area contributed by atoms with Crippen molar-refractivity contribution in [1.29, 1.82) is 5.26 Å². The molecule has 4 heterocycles. The molecular formula is C52H34N4O2. The number of para-hydroxylation sites is 2. The number of aromatic nitrogens is 2. The predicted octanol–water partition coefficient (Wildman–Crippen LogP) is 13.9. The highest BCUT2D eigenvalue weighted by Crippen LogP contribution is 2.47. The first-order chi connectivity index (χ1) is 28.7. The van der Waals surface area contributed by atoms with Crippen LogP contribution in [0.1, 0.15) is 53.5 Å². The van der Waals surface area contributed by atoms with Crippen LogP contribution in [0.2, 0.25) is 0 Å². The number of nitrogens with zero attached hydrogens (tertiary/aromatic N) is 4. The van der Waals surface area contributed by atoms with Gasteiger partial charge in [-0.2, -0.15) is 5.26 Å². The molecule has 0 saturated heterocycles. The minimum Gasteiger partial charge on any atom is -0.454 e. The molecule has 11 aromatic rings. The van der Waals surface area contributed by atoms with Crippen molar-refractivity contribution < 1.29 is 8.83 Å². The van der Waals surface area contributed by atoms with Gasteiger partial charge in [0.25, 0.3) is 0 Å². The molecule has 6 nitrogen and oxygen atoms in total. The zero-order valence-electron chi connectivity index (χ0n) is 31.7. The van der Waals surface area contributed by atoms with Crippen LogP contribution in [0.4, 0.5) is 5.69 Å². The number of hydrogen-bond acceptors (Lipinski definition) is 3. The molecule has 4 aromatic heterocycles.